The first-order valence-corrected chi connectivity index (χ1v) is 7.03. The van der Waals surface area contributed by atoms with Gasteiger partial charge in [0, 0.05) is 5.54 Å². The molecule has 1 aliphatic heterocycles. The average molecular weight is 252 g/mol. The van der Waals surface area contributed by atoms with Gasteiger partial charge < -0.3 is 10.2 Å². The Morgan fingerprint density at radius 3 is 2.44 bits per heavy atom. The van der Waals surface area contributed by atoms with Crippen LogP contribution in [0.3, 0.4) is 0 Å². The quantitative estimate of drug-likeness (QED) is 0.827. The molecule has 2 amide bonds. The first kappa shape index (κ1) is 13.4. The van der Waals surface area contributed by atoms with Gasteiger partial charge in [-0.1, -0.05) is 13.3 Å². The van der Waals surface area contributed by atoms with Crippen LogP contribution in [0.4, 0.5) is 0 Å². The number of hydrogen-bond donors (Lipinski definition) is 1. The van der Waals surface area contributed by atoms with Crippen molar-refractivity contribution in [3.63, 3.8) is 0 Å². The molecule has 18 heavy (non-hydrogen) atoms. The van der Waals surface area contributed by atoms with E-state index in [4.69, 9.17) is 0 Å². The molecule has 0 radical (unpaired) electrons. The summed E-state index contributed by atoms with van der Waals surface area (Å²) in [5, 5.41) is 2.85. The SMILES string of the molecule is CCCC1NC(=O)C(C)N(C(C)(C)C2CC2)C1=O. The van der Waals surface area contributed by atoms with Gasteiger partial charge in [0.2, 0.25) is 11.8 Å². The number of hydrogen-bond acceptors (Lipinski definition) is 2. The summed E-state index contributed by atoms with van der Waals surface area (Å²) in [6.07, 6.45) is 3.98. The second-order valence-electron chi connectivity index (χ2n) is 6.16. The van der Waals surface area contributed by atoms with Gasteiger partial charge in [-0.15, -0.1) is 0 Å². The van der Waals surface area contributed by atoms with Crippen molar-refractivity contribution in [3.8, 4) is 0 Å². The summed E-state index contributed by atoms with van der Waals surface area (Å²) in [7, 11) is 0. The molecular weight excluding hydrogens is 228 g/mol. The number of amides is 2. The average Bonchev–Trinajstić information content (AvgIpc) is 3.10. The maximum atomic E-state index is 12.6. The Morgan fingerprint density at radius 1 is 1.33 bits per heavy atom. The summed E-state index contributed by atoms with van der Waals surface area (Å²) < 4.78 is 0. The van der Waals surface area contributed by atoms with E-state index in [-0.39, 0.29) is 29.4 Å². The largest absolute Gasteiger partial charge is 0.343 e. The van der Waals surface area contributed by atoms with E-state index in [1.807, 2.05) is 18.7 Å². The lowest BCUT2D eigenvalue weighted by Crippen LogP contribution is -2.68. The van der Waals surface area contributed by atoms with Crippen LogP contribution in [-0.4, -0.2) is 34.3 Å². The molecule has 1 N–H and O–H groups in total. The summed E-state index contributed by atoms with van der Waals surface area (Å²) in [4.78, 5) is 26.4. The molecule has 0 spiro atoms. The van der Waals surface area contributed by atoms with Crippen LogP contribution in [0.15, 0.2) is 0 Å². The van der Waals surface area contributed by atoms with Crippen LogP contribution in [0.5, 0.6) is 0 Å². The van der Waals surface area contributed by atoms with Gasteiger partial charge in [-0.3, -0.25) is 9.59 Å². The van der Waals surface area contributed by atoms with E-state index >= 15 is 0 Å². The van der Waals surface area contributed by atoms with Crippen LogP contribution in [0.25, 0.3) is 0 Å². The molecule has 0 aromatic carbocycles. The Hall–Kier alpha value is -1.06. The lowest BCUT2D eigenvalue weighted by molar-refractivity contribution is -0.156. The molecule has 1 saturated heterocycles. The third kappa shape index (κ3) is 2.13. The normalized spacial score (nSPS) is 29.4. The van der Waals surface area contributed by atoms with Gasteiger partial charge in [-0.2, -0.15) is 0 Å². The van der Waals surface area contributed by atoms with Crippen molar-refractivity contribution in [3.05, 3.63) is 0 Å². The van der Waals surface area contributed by atoms with Crippen LogP contribution >= 0.6 is 0 Å². The predicted molar refractivity (Wildman–Crippen MR) is 69.9 cm³/mol. The van der Waals surface area contributed by atoms with Gasteiger partial charge in [0.25, 0.3) is 0 Å². The third-order valence-corrected chi connectivity index (χ3v) is 4.39. The fourth-order valence-corrected chi connectivity index (χ4v) is 3.08. The van der Waals surface area contributed by atoms with Crippen LogP contribution in [0.2, 0.25) is 0 Å². The van der Waals surface area contributed by atoms with Gasteiger partial charge in [0.15, 0.2) is 0 Å². The zero-order valence-electron chi connectivity index (χ0n) is 11.8. The Balaban J connectivity index is 2.24. The molecule has 2 aliphatic rings. The maximum absolute atomic E-state index is 12.6. The highest BCUT2D eigenvalue weighted by Gasteiger charge is 2.50. The van der Waals surface area contributed by atoms with Crippen LogP contribution in [0, 0.1) is 5.92 Å². The predicted octanol–water partition coefficient (Wildman–Crippen LogP) is 1.69. The number of carbonyl (C=O) groups excluding carboxylic acids is 2. The number of rotatable bonds is 4. The molecule has 1 saturated carbocycles. The number of piperazine rings is 1. The molecule has 2 fully saturated rings. The summed E-state index contributed by atoms with van der Waals surface area (Å²) in [5.41, 5.74) is -0.194. The Bertz CT molecular complexity index is 361. The molecule has 0 aromatic heterocycles. The zero-order valence-corrected chi connectivity index (χ0v) is 11.8. The van der Waals surface area contributed by atoms with E-state index in [0.29, 0.717) is 5.92 Å². The summed E-state index contributed by atoms with van der Waals surface area (Å²) >= 11 is 0. The Kier molecular flexibility index (Phi) is 3.39. The minimum absolute atomic E-state index is 0.0122. The van der Waals surface area contributed by atoms with Gasteiger partial charge in [-0.25, -0.2) is 0 Å². The molecule has 2 rings (SSSR count). The molecule has 4 nitrogen and oxygen atoms in total. The van der Waals surface area contributed by atoms with Crippen molar-refractivity contribution in [2.75, 3.05) is 0 Å². The van der Waals surface area contributed by atoms with Crippen LogP contribution < -0.4 is 5.32 Å². The van der Waals surface area contributed by atoms with E-state index in [1.165, 1.54) is 12.8 Å². The molecule has 1 aliphatic carbocycles. The Morgan fingerprint density at radius 2 is 1.94 bits per heavy atom. The molecular formula is C14H24N2O2. The molecule has 0 aromatic rings. The fourth-order valence-electron chi connectivity index (χ4n) is 3.08. The van der Waals surface area contributed by atoms with Gasteiger partial charge in [0.1, 0.15) is 12.1 Å². The molecule has 1 heterocycles. The van der Waals surface area contributed by atoms with E-state index < -0.39 is 0 Å². The minimum Gasteiger partial charge on any atom is -0.343 e. The monoisotopic (exact) mass is 252 g/mol. The number of nitrogens with one attached hydrogen (secondary N) is 1. The third-order valence-electron chi connectivity index (χ3n) is 4.39. The second-order valence-corrected chi connectivity index (χ2v) is 6.16. The lowest BCUT2D eigenvalue weighted by Gasteiger charge is -2.47. The topological polar surface area (TPSA) is 49.4 Å². The van der Waals surface area contributed by atoms with E-state index in [1.54, 1.807) is 0 Å². The van der Waals surface area contributed by atoms with E-state index in [9.17, 15) is 9.59 Å². The minimum atomic E-state index is -0.346. The highest BCUT2D eigenvalue weighted by atomic mass is 16.2. The second kappa shape index (κ2) is 4.56. The lowest BCUT2D eigenvalue weighted by atomic mass is 9.90. The van der Waals surface area contributed by atoms with Gasteiger partial charge >= 0.3 is 0 Å². The fraction of sp³-hybridized carbons (Fsp3) is 0.857. The van der Waals surface area contributed by atoms with Gasteiger partial charge in [-0.05, 0) is 46.0 Å². The van der Waals surface area contributed by atoms with Gasteiger partial charge in [0.05, 0.1) is 0 Å². The molecule has 0 bridgehead atoms. The van der Waals surface area contributed by atoms with E-state index in [0.717, 1.165) is 12.8 Å². The smallest absolute Gasteiger partial charge is 0.246 e. The van der Waals surface area contributed by atoms with Crippen molar-refractivity contribution < 1.29 is 9.59 Å². The summed E-state index contributed by atoms with van der Waals surface area (Å²) in [6.45, 7) is 8.06. The highest BCUT2D eigenvalue weighted by Crippen LogP contribution is 2.44. The molecule has 2 unspecified atom stereocenters. The summed E-state index contributed by atoms with van der Waals surface area (Å²) in [6, 6.07) is -0.669. The van der Waals surface area contributed by atoms with Crippen molar-refractivity contribution in [1.82, 2.24) is 10.2 Å². The number of nitrogens with zero attached hydrogens (tertiary/aromatic N) is 1. The standard InChI is InChI=1S/C14H24N2O2/c1-5-6-11-13(18)16(9(2)12(17)15-11)14(3,4)10-7-8-10/h9-11H,5-8H2,1-4H3,(H,15,17). The summed E-state index contributed by atoms with van der Waals surface area (Å²) in [5.74, 6) is 0.639. The van der Waals surface area contributed by atoms with Crippen molar-refractivity contribution in [2.45, 2.75) is 71.0 Å². The van der Waals surface area contributed by atoms with Crippen molar-refractivity contribution in [1.29, 1.82) is 0 Å². The van der Waals surface area contributed by atoms with Crippen molar-refractivity contribution >= 4 is 11.8 Å². The first-order valence-electron chi connectivity index (χ1n) is 7.03. The van der Waals surface area contributed by atoms with Crippen LogP contribution in [0.1, 0.15) is 53.4 Å². The zero-order chi connectivity index (χ0) is 13.5. The number of carbonyl (C=O) groups is 2. The molecule has 4 heteroatoms. The van der Waals surface area contributed by atoms with Crippen LogP contribution in [-0.2, 0) is 9.59 Å². The highest BCUT2D eigenvalue weighted by molar-refractivity contribution is 5.97. The molecule has 102 valence electrons. The maximum Gasteiger partial charge on any atom is 0.246 e. The van der Waals surface area contributed by atoms with Crippen molar-refractivity contribution in [2.24, 2.45) is 5.92 Å². The Labute approximate surface area is 109 Å². The van der Waals surface area contributed by atoms with E-state index in [2.05, 4.69) is 19.2 Å². The first-order chi connectivity index (χ1) is 8.39. The molecule has 2 atom stereocenters.